The molecule has 0 aromatic heterocycles. The molecule has 1 saturated heterocycles. The summed E-state index contributed by atoms with van der Waals surface area (Å²) >= 11 is 0. The Hall–Kier alpha value is -0.810. The van der Waals surface area contributed by atoms with Crippen LogP contribution in [0.4, 0.5) is 4.79 Å². The van der Waals surface area contributed by atoms with E-state index in [0.29, 0.717) is 0 Å². The number of amides is 2. The minimum Gasteiger partial charge on any atom is -0.326 e. The smallest absolute Gasteiger partial charge is 0.319 e. The van der Waals surface area contributed by atoms with Crippen LogP contribution < -0.4 is 0 Å². The average molecular weight is 148 g/mol. The Morgan fingerprint density at radius 2 is 1.50 bits per heavy atom. The molecular formula is C5H12N2O3. The first-order valence-electron chi connectivity index (χ1n) is 2.88. The minimum atomic E-state index is 0.130. The van der Waals surface area contributed by atoms with Crippen LogP contribution in [-0.4, -0.2) is 53.5 Å². The summed E-state index contributed by atoms with van der Waals surface area (Å²) in [4.78, 5) is 14.2. The van der Waals surface area contributed by atoms with E-state index in [9.17, 15) is 4.79 Å². The molecule has 0 aromatic rings. The zero-order chi connectivity index (χ0) is 8.15. The lowest BCUT2D eigenvalue weighted by Gasteiger charge is -2.07. The molecule has 0 atom stereocenters. The maximum Gasteiger partial charge on any atom is 0.319 e. The van der Waals surface area contributed by atoms with E-state index in [1.807, 2.05) is 14.1 Å². The van der Waals surface area contributed by atoms with Crippen LogP contribution in [0.2, 0.25) is 0 Å². The van der Waals surface area contributed by atoms with Crippen molar-refractivity contribution in [1.29, 1.82) is 0 Å². The van der Waals surface area contributed by atoms with Gasteiger partial charge in [0, 0.05) is 27.2 Å². The summed E-state index contributed by atoms with van der Waals surface area (Å²) < 4.78 is 0. The molecule has 5 heteroatoms. The van der Waals surface area contributed by atoms with Crippen molar-refractivity contribution >= 4 is 6.03 Å². The van der Waals surface area contributed by atoms with Gasteiger partial charge in [0.25, 0.3) is 0 Å². The van der Waals surface area contributed by atoms with Crippen molar-refractivity contribution in [3.8, 4) is 0 Å². The molecule has 1 fully saturated rings. The van der Waals surface area contributed by atoms with Gasteiger partial charge in [0.2, 0.25) is 0 Å². The standard InChI is InChI=1S/C5H10N2O.H2O2/c1-6-3-4-7(2)5(6)8;1-2/h3-4H2,1-2H3;1-2H. The first kappa shape index (κ1) is 9.19. The van der Waals surface area contributed by atoms with Gasteiger partial charge in [0.05, 0.1) is 0 Å². The number of nitrogens with zero attached hydrogens (tertiary/aromatic N) is 2. The van der Waals surface area contributed by atoms with Crippen molar-refractivity contribution in [3.05, 3.63) is 0 Å². The van der Waals surface area contributed by atoms with Crippen LogP contribution in [0, 0.1) is 0 Å². The monoisotopic (exact) mass is 148 g/mol. The first-order valence-corrected chi connectivity index (χ1v) is 2.88. The van der Waals surface area contributed by atoms with E-state index < -0.39 is 0 Å². The van der Waals surface area contributed by atoms with Gasteiger partial charge in [-0.1, -0.05) is 0 Å². The molecule has 60 valence electrons. The topological polar surface area (TPSA) is 64.0 Å². The van der Waals surface area contributed by atoms with E-state index in [2.05, 4.69) is 0 Å². The fourth-order valence-electron chi connectivity index (χ4n) is 0.783. The Morgan fingerprint density at radius 3 is 1.60 bits per heavy atom. The summed E-state index contributed by atoms with van der Waals surface area (Å²) in [5.41, 5.74) is 0. The summed E-state index contributed by atoms with van der Waals surface area (Å²) in [5, 5.41) is 12.0. The maximum atomic E-state index is 10.8. The van der Waals surface area contributed by atoms with E-state index in [1.54, 1.807) is 9.80 Å². The molecule has 2 amide bonds. The van der Waals surface area contributed by atoms with E-state index in [0.717, 1.165) is 13.1 Å². The van der Waals surface area contributed by atoms with Crippen LogP contribution in [0.25, 0.3) is 0 Å². The second-order valence-corrected chi connectivity index (χ2v) is 2.13. The van der Waals surface area contributed by atoms with Crippen LogP contribution in [0.15, 0.2) is 0 Å². The van der Waals surface area contributed by atoms with Crippen molar-refractivity contribution in [1.82, 2.24) is 9.80 Å². The molecule has 1 aliphatic heterocycles. The molecule has 0 aromatic carbocycles. The lowest BCUT2D eigenvalue weighted by molar-refractivity contribution is -0.176. The Morgan fingerprint density at radius 1 is 1.20 bits per heavy atom. The van der Waals surface area contributed by atoms with Gasteiger partial charge in [-0.3, -0.25) is 10.5 Å². The highest BCUT2D eigenvalue weighted by atomic mass is 17.0. The molecule has 0 radical (unpaired) electrons. The normalized spacial score (nSPS) is 17.0. The van der Waals surface area contributed by atoms with Crippen molar-refractivity contribution < 1.29 is 15.3 Å². The van der Waals surface area contributed by atoms with Gasteiger partial charge in [-0.2, -0.15) is 0 Å². The molecule has 5 nitrogen and oxygen atoms in total. The van der Waals surface area contributed by atoms with Crippen LogP contribution in [0.1, 0.15) is 0 Å². The third-order valence-corrected chi connectivity index (χ3v) is 1.42. The van der Waals surface area contributed by atoms with Gasteiger partial charge in [0.15, 0.2) is 0 Å². The van der Waals surface area contributed by atoms with Gasteiger partial charge >= 0.3 is 6.03 Å². The van der Waals surface area contributed by atoms with E-state index in [4.69, 9.17) is 10.5 Å². The molecule has 2 N–H and O–H groups in total. The first-order chi connectivity index (χ1) is 4.72. The highest BCUT2D eigenvalue weighted by Gasteiger charge is 2.20. The van der Waals surface area contributed by atoms with E-state index >= 15 is 0 Å². The SMILES string of the molecule is CN1CCN(C)C1=O.OO. The highest BCUT2D eigenvalue weighted by molar-refractivity contribution is 5.75. The number of urea groups is 1. The molecule has 10 heavy (non-hydrogen) atoms. The second kappa shape index (κ2) is 4.08. The van der Waals surface area contributed by atoms with E-state index in [-0.39, 0.29) is 6.03 Å². The van der Waals surface area contributed by atoms with Gasteiger partial charge in [0.1, 0.15) is 0 Å². The van der Waals surface area contributed by atoms with Crippen LogP contribution in [-0.2, 0) is 0 Å². The Kier molecular flexibility index (Phi) is 3.75. The molecule has 0 bridgehead atoms. The van der Waals surface area contributed by atoms with Crippen molar-refractivity contribution in [2.45, 2.75) is 0 Å². The Labute approximate surface area is 59.4 Å². The maximum absolute atomic E-state index is 10.8. The Balaban J connectivity index is 0.000000371. The molecule has 1 aliphatic rings. The summed E-state index contributed by atoms with van der Waals surface area (Å²) in [6.45, 7) is 1.74. The van der Waals surface area contributed by atoms with Gasteiger partial charge < -0.3 is 9.80 Å². The third-order valence-electron chi connectivity index (χ3n) is 1.42. The van der Waals surface area contributed by atoms with E-state index in [1.165, 1.54) is 0 Å². The molecule has 1 rings (SSSR count). The van der Waals surface area contributed by atoms with Crippen LogP contribution >= 0.6 is 0 Å². The molecular weight excluding hydrogens is 136 g/mol. The predicted octanol–water partition coefficient (Wildman–Crippen LogP) is 0.00100. The molecule has 0 spiro atoms. The zero-order valence-electron chi connectivity index (χ0n) is 6.11. The molecule has 0 aliphatic carbocycles. The third kappa shape index (κ3) is 1.85. The average Bonchev–Trinajstić information content (AvgIpc) is 2.25. The summed E-state index contributed by atoms with van der Waals surface area (Å²) in [7, 11) is 3.62. The summed E-state index contributed by atoms with van der Waals surface area (Å²) in [6, 6.07) is 0.130. The van der Waals surface area contributed by atoms with Gasteiger partial charge in [-0.15, -0.1) is 0 Å². The number of rotatable bonds is 0. The number of carbonyl (C=O) groups excluding carboxylic acids is 1. The Bertz CT molecular complexity index is 105. The van der Waals surface area contributed by atoms with Crippen LogP contribution in [0.3, 0.4) is 0 Å². The number of hydrogen-bond donors (Lipinski definition) is 2. The molecule has 1 heterocycles. The predicted molar refractivity (Wildman–Crippen MR) is 35.9 cm³/mol. The largest absolute Gasteiger partial charge is 0.326 e. The summed E-state index contributed by atoms with van der Waals surface area (Å²) in [5.74, 6) is 0. The molecule has 0 saturated carbocycles. The van der Waals surface area contributed by atoms with Gasteiger partial charge in [-0.25, -0.2) is 4.79 Å². The summed E-state index contributed by atoms with van der Waals surface area (Å²) in [6.07, 6.45) is 0. The van der Waals surface area contributed by atoms with Crippen LogP contribution in [0.5, 0.6) is 0 Å². The quantitative estimate of drug-likeness (QED) is 0.375. The van der Waals surface area contributed by atoms with Gasteiger partial charge in [-0.05, 0) is 0 Å². The number of hydrogen-bond acceptors (Lipinski definition) is 3. The van der Waals surface area contributed by atoms with Crippen molar-refractivity contribution in [2.24, 2.45) is 0 Å². The fraction of sp³-hybridized carbons (Fsp3) is 0.800. The number of likely N-dealkylation sites (N-methyl/N-ethyl adjacent to an activating group) is 2. The highest BCUT2D eigenvalue weighted by Crippen LogP contribution is 2.00. The van der Waals surface area contributed by atoms with Crippen molar-refractivity contribution in [2.75, 3.05) is 27.2 Å². The second-order valence-electron chi connectivity index (χ2n) is 2.13. The molecule has 0 unspecified atom stereocenters. The number of carbonyl (C=O) groups is 1. The zero-order valence-corrected chi connectivity index (χ0v) is 6.11. The lowest BCUT2D eigenvalue weighted by Crippen LogP contribution is -2.25. The fourth-order valence-corrected chi connectivity index (χ4v) is 0.783. The lowest BCUT2D eigenvalue weighted by atomic mass is 10.6. The minimum absolute atomic E-state index is 0.130. The van der Waals surface area contributed by atoms with Crippen molar-refractivity contribution in [3.63, 3.8) is 0 Å².